The van der Waals surface area contributed by atoms with E-state index in [-0.39, 0.29) is 11.9 Å². The lowest BCUT2D eigenvalue weighted by atomic mass is 10.1. The third-order valence-electron chi connectivity index (χ3n) is 4.42. The van der Waals surface area contributed by atoms with E-state index in [0.717, 1.165) is 35.9 Å². The fourth-order valence-electron chi connectivity index (χ4n) is 3.31. The highest BCUT2D eigenvalue weighted by Gasteiger charge is 2.33. The van der Waals surface area contributed by atoms with Crippen LogP contribution in [0.4, 0.5) is 0 Å². The van der Waals surface area contributed by atoms with Gasteiger partial charge in [-0.2, -0.15) is 4.98 Å². The van der Waals surface area contributed by atoms with Crippen LogP contribution >= 0.6 is 0 Å². The summed E-state index contributed by atoms with van der Waals surface area (Å²) in [5, 5.41) is 4.94. The molecule has 3 heterocycles. The van der Waals surface area contributed by atoms with Gasteiger partial charge in [-0.25, -0.2) is 0 Å². The van der Waals surface area contributed by atoms with Gasteiger partial charge in [0.1, 0.15) is 6.04 Å². The molecule has 1 N–H and O–H groups in total. The number of H-pyrrole nitrogens is 1. The summed E-state index contributed by atoms with van der Waals surface area (Å²) in [6.45, 7) is 2.54. The Morgan fingerprint density at radius 2 is 2.30 bits per heavy atom. The van der Waals surface area contributed by atoms with Crippen LogP contribution in [0.25, 0.3) is 10.9 Å². The number of rotatable bonds is 3. The van der Waals surface area contributed by atoms with Gasteiger partial charge in [0.05, 0.1) is 6.42 Å². The summed E-state index contributed by atoms with van der Waals surface area (Å²) >= 11 is 0. The minimum atomic E-state index is -0.0890. The molecule has 6 heteroatoms. The third kappa shape index (κ3) is 2.50. The summed E-state index contributed by atoms with van der Waals surface area (Å²) in [6, 6.07) is 7.94. The Bertz CT molecular complexity index is 851. The van der Waals surface area contributed by atoms with Crippen LogP contribution in [0, 0.1) is 6.92 Å². The minimum absolute atomic E-state index is 0.0890. The molecule has 1 saturated heterocycles. The van der Waals surface area contributed by atoms with Crippen LogP contribution in [0.2, 0.25) is 0 Å². The summed E-state index contributed by atoms with van der Waals surface area (Å²) < 4.78 is 5.27. The monoisotopic (exact) mass is 310 g/mol. The lowest BCUT2D eigenvalue weighted by molar-refractivity contribution is -0.131. The molecule has 1 aromatic carbocycles. The molecule has 1 aliphatic heterocycles. The average molecular weight is 310 g/mol. The van der Waals surface area contributed by atoms with E-state index in [2.05, 4.69) is 15.1 Å². The number of carbonyl (C=O) groups is 1. The number of amides is 1. The minimum Gasteiger partial charge on any atom is -0.361 e. The van der Waals surface area contributed by atoms with Gasteiger partial charge in [0, 0.05) is 23.6 Å². The number of nitrogens with one attached hydrogen (secondary N) is 1. The van der Waals surface area contributed by atoms with Gasteiger partial charge in [-0.05, 0) is 31.4 Å². The van der Waals surface area contributed by atoms with Crippen LogP contribution in [0.15, 0.2) is 35.0 Å². The van der Waals surface area contributed by atoms with E-state index in [0.29, 0.717) is 18.1 Å². The lowest BCUT2D eigenvalue weighted by Crippen LogP contribution is -2.32. The van der Waals surface area contributed by atoms with Crippen molar-refractivity contribution in [2.45, 2.75) is 32.2 Å². The molecule has 6 nitrogen and oxygen atoms in total. The van der Waals surface area contributed by atoms with Crippen LogP contribution < -0.4 is 0 Å². The number of carbonyl (C=O) groups excluding carboxylic acids is 1. The van der Waals surface area contributed by atoms with E-state index in [1.807, 2.05) is 35.4 Å². The van der Waals surface area contributed by atoms with Crippen LogP contribution in [0.1, 0.15) is 36.2 Å². The smallest absolute Gasteiger partial charge is 0.249 e. The summed E-state index contributed by atoms with van der Waals surface area (Å²) in [5.41, 5.74) is 2.08. The lowest BCUT2D eigenvalue weighted by Gasteiger charge is -2.21. The molecule has 118 valence electrons. The Kier molecular flexibility index (Phi) is 3.37. The molecule has 1 fully saturated rings. The van der Waals surface area contributed by atoms with Crippen molar-refractivity contribution in [2.24, 2.45) is 0 Å². The molecule has 4 rings (SSSR count). The maximum absolute atomic E-state index is 12.8. The van der Waals surface area contributed by atoms with E-state index >= 15 is 0 Å². The molecule has 0 radical (unpaired) electrons. The first-order valence-corrected chi connectivity index (χ1v) is 7.87. The highest BCUT2D eigenvalue weighted by molar-refractivity contribution is 5.89. The van der Waals surface area contributed by atoms with Gasteiger partial charge in [0.15, 0.2) is 5.82 Å². The zero-order chi connectivity index (χ0) is 15.8. The van der Waals surface area contributed by atoms with Crippen molar-refractivity contribution in [3.05, 3.63) is 47.7 Å². The Hall–Kier alpha value is -2.63. The average Bonchev–Trinajstić information content (AvgIpc) is 3.26. The van der Waals surface area contributed by atoms with Crippen molar-refractivity contribution >= 4 is 16.8 Å². The number of aromatic nitrogens is 3. The summed E-state index contributed by atoms with van der Waals surface area (Å²) in [6.07, 6.45) is 4.14. The van der Waals surface area contributed by atoms with Gasteiger partial charge in [-0.3, -0.25) is 4.79 Å². The van der Waals surface area contributed by atoms with E-state index in [9.17, 15) is 4.79 Å². The zero-order valence-corrected chi connectivity index (χ0v) is 13.0. The predicted molar refractivity (Wildman–Crippen MR) is 84.7 cm³/mol. The fraction of sp³-hybridized carbons (Fsp3) is 0.353. The second kappa shape index (κ2) is 5.53. The number of hydrogen-bond donors (Lipinski definition) is 1. The van der Waals surface area contributed by atoms with Crippen LogP contribution in [0.5, 0.6) is 0 Å². The largest absolute Gasteiger partial charge is 0.361 e. The van der Waals surface area contributed by atoms with Crippen LogP contribution in [-0.2, 0) is 11.2 Å². The number of likely N-dealkylation sites (tertiary alicyclic amines) is 1. The van der Waals surface area contributed by atoms with Crippen molar-refractivity contribution in [3.63, 3.8) is 0 Å². The third-order valence-corrected chi connectivity index (χ3v) is 4.42. The van der Waals surface area contributed by atoms with Gasteiger partial charge in [-0.15, -0.1) is 0 Å². The normalized spacial score (nSPS) is 18.0. The second-order valence-electron chi connectivity index (χ2n) is 5.96. The Labute approximate surface area is 133 Å². The quantitative estimate of drug-likeness (QED) is 0.807. The summed E-state index contributed by atoms with van der Waals surface area (Å²) in [5.74, 6) is 1.26. The van der Waals surface area contributed by atoms with Crippen molar-refractivity contribution < 1.29 is 9.32 Å². The van der Waals surface area contributed by atoms with E-state index in [4.69, 9.17) is 4.52 Å². The maximum Gasteiger partial charge on any atom is 0.249 e. The molecule has 1 amide bonds. The van der Waals surface area contributed by atoms with E-state index in [1.54, 1.807) is 6.92 Å². The van der Waals surface area contributed by atoms with Crippen LogP contribution in [-0.4, -0.2) is 32.5 Å². The first kappa shape index (κ1) is 14.0. The highest BCUT2D eigenvalue weighted by atomic mass is 16.5. The Morgan fingerprint density at radius 1 is 1.43 bits per heavy atom. The number of aromatic amines is 1. The SMILES string of the molecule is Cc1noc(C2CCCN2C(=O)Cc2c[nH]c3ccccc23)n1. The predicted octanol–water partition coefficient (Wildman–Crippen LogP) is 2.77. The molecule has 3 aromatic rings. The number of benzene rings is 1. The molecule has 1 aliphatic rings. The van der Waals surface area contributed by atoms with Crippen molar-refractivity contribution in [2.75, 3.05) is 6.54 Å². The molecule has 0 aliphatic carbocycles. The van der Waals surface area contributed by atoms with Gasteiger partial charge in [0.25, 0.3) is 0 Å². The van der Waals surface area contributed by atoms with E-state index in [1.165, 1.54) is 0 Å². The first-order valence-electron chi connectivity index (χ1n) is 7.87. The van der Waals surface area contributed by atoms with Crippen molar-refractivity contribution in [1.29, 1.82) is 0 Å². The van der Waals surface area contributed by atoms with Gasteiger partial charge >= 0.3 is 0 Å². The molecule has 1 atom stereocenters. The first-order chi connectivity index (χ1) is 11.2. The standard InChI is InChI=1S/C17H18N4O2/c1-11-19-17(23-20-11)15-7-4-8-21(15)16(22)9-12-10-18-14-6-3-2-5-13(12)14/h2-3,5-6,10,15,18H,4,7-9H2,1H3. The molecular weight excluding hydrogens is 292 g/mol. The van der Waals surface area contributed by atoms with Crippen molar-refractivity contribution in [3.8, 4) is 0 Å². The number of hydrogen-bond acceptors (Lipinski definition) is 4. The second-order valence-corrected chi connectivity index (χ2v) is 5.96. The molecule has 1 unspecified atom stereocenters. The number of nitrogens with zero attached hydrogens (tertiary/aromatic N) is 3. The highest BCUT2D eigenvalue weighted by Crippen LogP contribution is 2.31. The zero-order valence-electron chi connectivity index (χ0n) is 13.0. The molecular formula is C17H18N4O2. The number of para-hydroxylation sites is 1. The maximum atomic E-state index is 12.8. The Morgan fingerprint density at radius 3 is 3.13 bits per heavy atom. The molecule has 23 heavy (non-hydrogen) atoms. The van der Waals surface area contributed by atoms with Gasteiger partial charge < -0.3 is 14.4 Å². The summed E-state index contributed by atoms with van der Waals surface area (Å²) in [4.78, 5) is 22.2. The Balaban J connectivity index is 1.56. The topological polar surface area (TPSA) is 75.0 Å². The number of aryl methyl sites for hydroxylation is 1. The van der Waals surface area contributed by atoms with Crippen LogP contribution in [0.3, 0.4) is 0 Å². The molecule has 0 bridgehead atoms. The molecule has 0 spiro atoms. The number of fused-ring (bicyclic) bond motifs is 1. The van der Waals surface area contributed by atoms with E-state index < -0.39 is 0 Å². The van der Waals surface area contributed by atoms with Crippen molar-refractivity contribution in [1.82, 2.24) is 20.0 Å². The summed E-state index contributed by atoms with van der Waals surface area (Å²) in [7, 11) is 0. The fourth-order valence-corrected chi connectivity index (χ4v) is 3.31. The van der Waals surface area contributed by atoms with Gasteiger partial charge in [0.2, 0.25) is 11.8 Å². The molecule has 0 saturated carbocycles. The molecule has 2 aromatic heterocycles. The van der Waals surface area contributed by atoms with Gasteiger partial charge in [-0.1, -0.05) is 23.4 Å².